The molecule has 0 atom stereocenters. The van der Waals surface area contributed by atoms with Crippen molar-refractivity contribution in [3.05, 3.63) is 40.9 Å². The molecule has 0 aromatic heterocycles. The lowest BCUT2D eigenvalue weighted by Gasteiger charge is -2.11. The van der Waals surface area contributed by atoms with E-state index in [0.717, 1.165) is 34.9 Å². The van der Waals surface area contributed by atoms with E-state index >= 15 is 0 Å². The van der Waals surface area contributed by atoms with Crippen molar-refractivity contribution in [2.45, 2.75) is 32.3 Å². The minimum atomic E-state index is -1.84. The van der Waals surface area contributed by atoms with Crippen molar-refractivity contribution in [2.24, 2.45) is 0 Å². The van der Waals surface area contributed by atoms with Gasteiger partial charge in [0.15, 0.2) is 0 Å². The summed E-state index contributed by atoms with van der Waals surface area (Å²) in [6, 6.07) is 9.34. The first-order valence-corrected chi connectivity index (χ1v) is 7.38. The Morgan fingerprint density at radius 1 is 1.43 bits per heavy atom. The third kappa shape index (κ3) is 3.67. The number of carbonyl (C=O) groups is 1. The first-order chi connectivity index (χ1) is 10.8. The summed E-state index contributed by atoms with van der Waals surface area (Å²) in [4.78, 5) is 11.2. The molecular weight excluding hydrogens is 286 g/mol. The Balaban J connectivity index is 1.97. The molecule has 21 heavy (non-hydrogen) atoms. The van der Waals surface area contributed by atoms with E-state index in [9.17, 15) is 4.79 Å². The number of halogens is 1. The van der Waals surface area contributed by atoms with Crippen molar-refractivity contribution in [2.75, 3.05) is 6.50 Å². The largest absolute Gasteiger partial charge is 0.490 e. The van der Waals surface area contributed by atoms with E-state index in [1.54, 1.807) is 6.07 Å². The van der Waals surface area contributed by atoms with Gasteiger partial charge in [-0.3, -0.25) is 4.79 Å². The highest BCUT2D eigenvalue weighted by atomic mass is 35.5. The summed E-state index contributed by atoms with van der Waals surface area (Å²) < 4.78 is 21.8. The lowest BCUT2D eigenvalue weighted by Crippen LogP contribution is -2.22. The summed E-state index contributed by atoms with van der Waals surface area (Å²) in [7, 11) is 0. The van der Waals surface area contributed by atoms with Crippen molar-refractivity contribution in [1.82, 2.24) is 5.32 Å². The van der Waals surface area contributed by atoms with Gasteiger partial charge in [0.25, 0.3) is 0 Å². The number of rotatable bonds is 5. The number of fused-ring (bicyclic) bond motifs is 1. The Kier molecular flexibility index (Phi) is 3.36. The average Bonchev–Trinajstić information content (AvgIpc) is 3.21. The minimum absolute atomic E-state index is 0.0382. The van der Waals surface area contributed by atoms with Crippen LogP contribution in [0.1, 0.15) is 28.1 Å². The maximum absolute atomic E-state index is 11.2. The molecule has 1 fully saturated rings. The van der Waals surface area contributed by atoms with Crippen LogP contribution in [0.2, 0.25) is 5.02 Å². The van der Waals surface area contributed by atoms with Gasteiger partial charge in [-0.2, -0.15) is 0 Å². The number of hydrogen-bond acceptors (Lipinski definition) is 2. The van der Waals surface area contributed by atoms with Crippen LogP contribution >= 0.6 is 11.6 Å². The number of hydrogen-bond donors (Lipinski definition) is 1. The van der Waals surface area contributed by atoms with Gasteiger partial charge in [-0.1, -0.05) is 17.7 Å². The summed E-state index contributed by atoms with van der Waals surface area (Å²) in [5, 5.41) is 4.69. The van der Waals surface area contributed by atoms with Crippen LogP contribution in [0.3, 0.4) is 0 Å². The molecule has 1 N–H and O–H groups in total. The average molecular weight is 306 g/mol. The summed E-state index contributed by atoms with van der Waals surface area (Å²) in [6.45, 7) is -0.535. The van der Waals surface area contributed by atoms with Gasteiger partial charge in [-0.05, 0) is 59.9 Å². The number of benzene rings is 2. The first kappa shape index (κ1) is 11.9. The van der Waals surface area contributed by atoms with Gasteiger partial charge in [0, 0.05) is 21.2 Å². The van der Waals surface area contributed by atoms with Crippen molar-refractivity contribution >= 4 is 28.3 Å². The zero-order valence-electron chi connectivity index (χ0n) is 13.8. The van der Waals surface area contributed by atoms with E-state index in [4.69, 9.17) is 19.1 Å². The first-order valence-electron chi connectivity index (χ1n) is 8.00. The fourth-order valence-corrected chi connectivity index (χ4v) is 2.48. The number of nitrogens with one attached hydrogen (secondary N) is 1. The van der Waals surface area contributed by atoms with E-state index in [-0.39, 0.29) is 6.42 Å². The van der Waals surface area contributed by atoms with Gasteiger partial charge >= 0.3 is 0 Å². The van der Waals surface area contributed by atoms with Gasteiger partial charge in [-0.15, -0.1) is 0 Å². The number of carbonyl (C=O) groups excluding carboxylic acids is 1. The quantitative estimate of drug-likeness (QED) is 0.914. The Bertz CT molecular complexity index is 760. The molecule has 0 radical (unpaired) electrons. The second-order valence-electron chi connectivity index (χ2n) is 5.30. The zero-order valence-corrected chi connectivity index (χ0v) is 12.5. The van der Waals surface area contributed by atoms with Gasteiger partial charge in [-0.25, -0.2) is 0 Å². The SMILES string of the molecule is [2H]C([2H])(Cc1cc(Cl)cc2ccc(OC3CC3)cc12)NC(C)=O. The Morgan fingerprint density at radius 3 is 2.95 bits per heavy atom. The maximum atomic E-state index is 11.2. The topological polar surface area (TPSA) is 38.3 Å². The predicted octanol–water partition coefficient (Wildman–Crippen LogP) is 3.71. The number of aryl methyl sites for hydroxylation is 1. The van der Waals surface area contributed by atoms with Crippen LogP contribution in [0.5, 0.6) is 5.75 Å². The van der Waals surface area contributed by atoms with Crippen LogP contribution in [0, 0.1) is 0 Å². The van der Waals surface area contributed by atoms with Crippen molar-refractivity contribution in [3.8, 4) is 5.75 Å². The van der Waals surface area contributed by atoms with Gasteiger partial charge in [0.05, 0.1) is 6.10 Å². The predicted molar refractivity (Wildman–Crippen MR) is 85.0 cm³/mol. The van der Waals surface area contributed by atoms with Crippen LogP contribution < -0.4 is 10.1 Å². The molecule has 110 valence electrons. The van der Waals surface area contributed by atoms with Crippen LogP contribution in [0.25, 0.3) is 10.8 Å². The van der Waals surface area contributed by atoms with E-state index in [2.05, 4.69) is 5.32 Å². The monoisotopic (exact) mass is 305 g/mol. The van der Waals surface area contributed by atoms with Crippen LogP contribution in [0.15, 0.2) is 30.3 Å². The summed E-state index contributed by atoms with van der Waals surface area (Å²) in [5.74, 6) is 0.378. The molecule has 3 rings (SSSR count). The summed E-state index contributed by atoms with van der Waals surface area (Å²) >= 11 is 6.15. The van der Waals surface area contributed by atoms with Gasteiger partial charge in [0.1, 0.15) is 5.75 Å². The highest BCUT2D eigenvalue weighted by Gasteiger charge is 2.23. The molecule has 0 saturated heterocycles. The third-order valence-electron chi connectivity index (χ3n) is 3.35. The molecule has 2 aromatic rings. The molecule has 2 aromatic carbocycles. The third-order valence-corrected chi connectivity index (χ3v) is 3.56. The zero-order chi connectivity index (χ0) is 16.6. The molecule has 0 spiro atoms. The lowest BCUT2D eigenvalue weighted by atomic mass is 10.0. The second-order valence-corrected chi connectivity index (χ2v) is 5.74. The Labute approximate surface area is 132 Å². The van der Waals surface area contributed by atoms with Gasteiger partial charge in [0.2, 0.25) is 5.91 Å². The molecule has 0 heterocycles. The molecule has 1 amide bonds. The fraction of sp³-hybridized carbons (Fsp3) is 0.353. The molecule has 1 aliphatic carbocycles. The Morgan fingerprint density at radius 2 is 2.24 bits per heavy atom. The molecule has 0 aliphatic heterocycles. The van der Waals surface area contributed by atoms with Crippen LogP contribution in [-0.2, 0) is 11.2 Å². The second kappa shape index (κ2) is 5.94. The molecule has 0 bridgehead atoms. The molecule has 0 unspecified atom stereocenters. The smallest absolute Gasteiger partial charge is 0.216 e. The Hall–Kier alpha value is -1.74. The number of amides is 1. The van der Waals surface area contributed by atoms with Crippen molar-refractivity contribution in [3.63, 3.8) is 0 Å². The van der Waals surface area contributed by atoms with E-state index < -0.39 is 12.4 Å². The molecule has 1 aliphatic rings. The normalized spacial score (nSPS) is 16.3. The van der Waals surface area contributed by atoms with Gasteiger partial charge < -0.3 is 10.1 Å². The maximum Gasteiger partial charge on any atom is 0.216 e. The molecule has 4 heteroatoms. The molecule has 3 nitrogen and oxygen atoms in total. The van der Waals surface area contributed by atoms with E-state index in [0.29, 0.717) is 11.1 Å². The van der Waals surface area contributed by atoms with Crippen molar-refractivity contribution < 1.29 is 12.3 Å². The fourth-order valence-electron chi connectivity index (χ4n) is 2.24. The van der Waals surface area contributed by atoms with E-state index in [1.807, 2.05) is 24.3 Å². The number of ether oxygens (including phenoxy) is 1. The summed E-state index contributed by atoms with van der Waals surface area (Å²) in [6.07, 6.45) is 2.50. The van der Waals surface area contributed by atoms with Crippen LogP contribution in [0.4, 0.5) is 0 Å². The highest BCUT2D eigenvalue weighted by molar-refractivity contribution is 6.31. The standard InChI is InChI=1S/C17H18ClNO2/c1-11(20)19-7-6-13-9-14(18)8-12-2-3-16(10-17(12)13)21-15-4-5-15/h2-3,8-10,15H,4-7H2,1H3,(H,19,20)/i7D2. The minimum Gasteiger partial charge on any atom is -0.490 e. The highest BCUT2D eigenvalue weighted by Crippen LogP contribution is 2.31. The molecular formula is C17H18ClNO2. The summed E-state index contributed by atoms with van der Waals surface area (Å²) in [5.41, 5.74) is 0.743. The van der Waals surface area contributed by atoms with E-state index in [1.165, 1.54) is 6.92 Å². The lowest BCUT2D eigenvalue weighted by molar-refractivity contribution is -0.118. The molecule has 1 saturated carbocycles. The van der Waals surface area contributed by atoms with Crippen LogP contribution in [-0.4, -0.2) is 18.5 Å². The van der Waals surface area contributed by atoms with Crippen molar-refractivity contribution in [1.29, 1.82) is 0 Å².